The highest BCUT2D eigenvalue weighted by Gasteiger charge is 2.26. The normalized spacial score (nSPS) is 11.9. The average Bonchev–Trinajstić information content (AvgIpc) is 2.57. The first-order valence-corrected chi connectivity index (χ1v) is 6.86. The molecule has 0 spiro atoms. The third kappa shape index (κ3) is 2.97. The maximum absolute atomic E-state index is 5.99. The van der Waals surface area contributed by atoms with Crippen LogP contribution in [0.4, 0.5) is 0 Å². The Morgan fingerprint density at radius 2 is 1.88 bits per heavy atom. The lowest BCUT2D eigenvalue weighted by atomic mass is 9.85. The van der Waals surface area contributed by atoms with E-state index in [1.165, 1.54) is 0 Å². The zero-order valence-electron chi connectivity index (χ0n) is 11.6. The predicted molar refractivity (Wildman–Crippen MR) is 75.0 cm³/mol. The molecule has 1 heterocycles. The molecule has 0 saturated heterocycles. The molecule has 0 aliphatic heterocycles. The monoisotopic (exact) mass is 256 g/mol. The fourth-order valence-corrected chi connectivity index (χ4v) is 2.45. The Bertz CT molecular complexity index is 361. The molecule has 0 unspecified atom stereocenters. The van der Waals surface area contributed by atoms with Crippen LogP contribution in [-0.2, 0) is 7.05 Å². The van der Waals surface area contributed by atoms with Crippen molar-refractivity contribution in [3.05, 3.63) is 11.4 Å². The molecule has 0 bridgehead atoms. The molecule has 17 heavy (non-hydrogen) atoms. The minimum absolute atomic E-state index is 0.178. The van der Waals surface area contributed by atoms with Crippen molar-refractivity contribution in [2.24, 2.45) is 12.5 Å². The molecule has 4 heteroatoms. The number of hydrogen-bond acceptors (Lipinski definition) is 3. The van der Waals surface area contributed by atoms with Gasteiger partial charge in [0, 0.05) is 12.5 Å². The van der Waals surface area contributed by atoms with Crippen LogP contribution in [-0.4, -0.2) is 22.1 Å². The van der Waals surface area contributed by atoms with E-state index in [1.54, 1.807) is 0 Å². The molecular weight excluding hydrogens is 232 g/mol. The van der Waals surface area contributed by atoms with Gasteiger partial charge in [-0.25, -0.2) is 0 Å². The highest BCUT2D eigenvalue weighted by atomic mass is 32.1. The molecule has 0 aromatic carbocycles. The summed E-state index contributed by atoms with van der Waals surface area (Å²) in [6.45, 7) is 9.15. The van der Waals surface area contributed by atoms with Gasteiger partial charge in [-0.2, -0.15) is 17.7 Å². The first-order valence-electron chi connectivity index (χ1n) is 6.23. The highest BCUT2D eigenvalue weighted by Crippen LogP contribution is 2.30. The SMILES string of the molecule is CCC(CC)(CS)COc1c(C)nn(C)c1C. The lowest BCUT2D eigenvalue weighted by Gasteiger charge is -2.29. The number of rotatable bonds is 6. The average molecular weight is 256 g/mol. The summed E-state index contributed by atoms with van der Waals surface area (Å²) in [4.78, 5) is 0. The van der Waals surface area contributed by atoms with Crippen molar-refractivity contribution in [1.29, 1.82) is 0 Å². The standard InChI is InChI=1S/C13H24N2OS/c1-6-13(7-2,9-17)8-16-12-10(3)14-15(5)11(12)4/h17H,6-9H2,1-5H3. The largest absolute Gasteiger partial charge is 0.489 e. The second-order valence-electron chi connectivity index (χ2n) is 4.78. The van der Waals surface area contributed by atoms with Gasteiger partial charge in [0.05, 0.1) is 12.3 Å². The maximum Gasteiger partial charge on any atom is 0.162 e. The van der Waals surface area contributed by atoms with Crippen LogP contribution in [0.1, 0.15) is 38.1 Å². The van der Waals surface area contributed by atoms with Gasteiger partial charge in [-0.15, -0.1) is 0 Å². The molecule has 0 radical (unpaired) electrons. The number of hydrogen-bond donors (Lipinski definition) is 1. The van der Waals surface area contributed by atoms with Crippen LogP contribution >= 0.6 is 12.6 Å². The highest BCUT2D eigenvalue weighted by molar-refractivity contribution is 7.80. The van der Waals surface area contributed by atoms with Gasteiger partial charge in [-0.1, -0.05) is 13.8 Å². The number of ether oxygens (including phenoxy) is 1. The third-order valence-corrected chi connectivity index (χ3v) is 4.47. The molecule has 0 N–H and O–H groups in total. The second kappa shape index (κ2) is 5.80. The molecular formula is C13H24N2OS. The van der Waals surface area contributed by atoms with E-state index in [0.717, 1.165) is 42.3 Å². The Morgan fingerprint density at radius 1 is 1.29 bits per heavy atom. The van der Waals surface area contributed by atoms with Gasteiger partial charge in [0.25, 0.3) is 0 Å². The van der Waals surface area contributed by atoms with E-state index in [2.05, 4.69) is 31.6 Å². The molecule has 0 saturated carbocycles. The van der Waals surface area contributed by atoms with E-state index >= 15 is 0 Å². The number of aromatic nitrogens is 2. The molecule has 0 atom stereocenters. The van der Waals surface area contributed by atoms with Crippen LogP contribution in [0.5, 0.6) is 5.75 Å². The summed E-state index contributed by atoms with van der Waals surface area (Å²) in [5.41, 5.74) is 2.23. The van der Waals surface area contributed by atoms with Gasteiger partial charge in [0.2, 0.25) is 0 Å². The third-order valence-electron chi connectivity index (χ3n) is 3.80. The van der Waals surface area contributed by atoms with Crippen LogP contribution in [0.3, 0.4) is 0 Å². The van der Waals surface area contributed by atoms with Gasteiger partial charge in [0.15, 0.2) is 5.75 Å². The second-order valence-corrected chi connectivity index (χ2v) is 5.09. The van der Waals surface area contributed by atoms with Crippen molar-refractivity contribution >= 4 is 12.6 Å². The summed E-state index contributed by atoms with van der Waals surface area (Å²) in [5.74, 6) is 1.79. The topological polar surface area (TPSA) is 27.1 Å². The van der Waals surface area contributed by atoms with Gasteiger partial charge in [-0.05, 0) is 32.4 Å². The van der Waals surface area contributed by atoms with Gasteiger partial charge >= 0.3 is 0 Å². The molecule has 0 amide bonds. The smallest absolute Gasteiger partial charge is 0.162 e. The fourth-order valence-electron chi connectivity index (χ4n) is 1.91. The van der Waals surface area contributed by atoms with Gasteiger partial charge < -0.3 is 4.74 Å². The van der Waals surface area contributed by atoms with Crippen molar-refractivity contribution in [2.75, 3.05) is 12.4 Å². The summed E-state index contributed by atoms with van der Waals surface area (Å²) in [6, 6.07) is 0. The Kier molecular flexibility index (Phi) is 4.92. The summed E-state index contributed by atoms with van der Waals surface area (Å²) < 4.78 is 7.86. The van der Waals surface area contributed by atoms with Crippen LogP contribution in [0.2, 0.25) is 0 Å². The van der Waals surface area contributed by atoms with E-state index in [1.807, 2.05) is 25.6 Å². The Balaban J connectivity index is 2.79. The number of thiol groups is 1. The Labute approximate surface area is 110 Å². The van der Waals surface area contributed by atoms with E-state index in [4.69, 9.17) is 4.74 Å². The number of aryl methyl sites for hydroxylation is 2. The molecule has 0 aliphatic carbocycles. The summed E-state index contributed by atoms with van der Waals surface area (Å²) in [5, 5.41) is 4.36. The summed E-state index contributed by atoms with van der Waals surface area (Å²) in [7, 11) is 1.95. The Morgan fingerprint density at radius 3 is 2.24 bits per heavy atom. The van der Waals surface area contributed by atoms with Crippen molar-refractivity contribution in [1.82, 2.24) is 9.78 Å². The van der Waals surface area contributed by atoms with Crippen LogP contribution in [0, 0.1) is 19.3 Å². The van der Waals surface area contributed by atoms with Crippen LogP contribution in [0.25, 0.3) is 0 Å². The van der Waals surface area contributed by atoms with Crippen molar-refractivity contribution in [2.45, 2.75) is 40.5 Å². The van der Waals surface area contributed by atoms with Crippen molar-refractivity contribution in [3.8, 4) is 5.75 Å². The van der Waals surface area contributed by atoms with E-state index in [-0.39, 0.29) is 5.41 Å². The predicted octanol–water partition coefficient (Wildman–Crippen LogP) is 3.15. The fraction of sp³-hybridized carbons (Fsp3) is 0.769. The number of nitrogens with zero attached hydrogens (tertiary/aromatic N) is 2. The first kappa shape index (κ1) is 14.4. The molecule has 98 valence electrons. The van der Waals surface area contributed by atoms with Crippen LogP contribution in [0.15, 0.2) is 0 Å². The Hall–Kier alpha value is -0.640. The van der Waals surface area contributed by atoms with E-state index in [9.17, 15) is 0 Å². The quantitative estimate of drug-likeness (QED) is 0.792. The lowest BCUT2D eigenvalue weighted by molar-refractivity contribution is 0.155. The van der Waals surface area contributed by atoms with Crippen molar-refractivity contribution < 1.29 is 4.74 Å². The minimum Gasteiger partial charge on any atom is -0.489 e. The molecule has 1 aromatic heterocycles. The van der Waals surface area contributed by atoms with Gasteiger partial charge in [-0.3, -0.25) is 4.68 Å². The maximum atomic E-state index is 5.99. The summed E-state index contributed by atoms with van der Waals surface area (Å²) in [6.07, 6.45) is 2.18. The molecule has 1 rings (SSSR count). The van der Waals surface area contributed by atoms with Crippen LogP contribution < -0.4 is 4.74 Å². The molecule has 0 fully saturated rings. The molecule has 0 aliphatic rings. The van der Waals surface area contributed by atoms with Gasteiger partial charge in [0.1, 0.15) is 5.69 Å². The first-order chi connectivity index (χ1) is 7.99. The van der Waals surface area contributed by atoms with E-state index in [0.29, 0.717) is 0 Å². The summed E-state index contributed by atoms with van der Waals surface area (Å²) >= 11 is 4.46. The zero-order chi connectivity index (χ0) is 13.1. The zero-order valence-corrected chi connectivity index (χ0v) is 12.5. The van der Waals surface area contributed by atoms with Crippen molar-refractivity contribution in [3.63, 3.8) is 0 Å². The lowest BCUT2D eigenvalue weighted by Crippen LogP contribution is -2.29. The minimum atomic E-state index is 0.178. The molecule has 1 aromatic rings. The molecule has 3 nitrogen and oxygen atoms in total. The van der Waals surface area contributed by atoms with E-state index < -0.39 is 0 Å².